The summed E-state index contributed by atoms with van der Waals surface area (Å²) < 4.78 is 4.17. The standard InChI is InChI=1S/C19H21N7O2.C3H7NO/c1-23-16-15(17(27)24(2)19(23)28)26(14-7-3-5-12(9-14)10-20)18(22-16)25-8-4-6-13(21)11-25;1-4(2)3-5/h3,5,7,9,13H,4,6,8,11,21H2,1-2H3;3H,1-2H3. The van der Waals surface area contributed by atoms with Crippen LogP contribution < -0.4 is 21.9 Å². The lowest BCUT2D eigenvalue weighted by Crippen LogP contribution is -2.44. The quantitative estimate of drug-likeness (QED) is 0.549. The van der Waals surface area contributed by atoms with Crippen molar-refractivity contribution < 1.29 is 4.79 Å². The fourth-order valence-electron chi connectivity index (χ4n) is 3.75. The summed E-state index contributed by atoms with van der Waals surface area (Å²) in [6.07, 6.45) is 2.60. The Labute approximate surface area is 190 Å². The summed E-state index contributed by atoms with van der Waals surface area (Å²) >= 11 is 0. The smallest absolute Gasteiger partial charge is 0.332 e. The summed E-state index contributed by atoms with van der Waals surface area (Å²) in [5.74, 6) is 0.554. The summed E-state index contributed by atoms with van der Waals surface area (Å²) in [5, 5.41) is 9.29. The summed E-state index contributed by atoms with van der Waals surface area (Å²) in [6, 6.07) is 9.13. The largest absolute Gasteiger partial charge is 0.351 e. The maximum Gasteiger partial charge on any atom is 0.332 e. The van der Waals surface area contributed by atoms with Crippen LogP contribution in [0.15, 0.2) is 33.9 Å². The number of nitrogens with zero attached hydrogens (tertiary/aromatic N) is 7. The maximum atomic E-state index is 13.0. The number of aryl methyl sites for hydroxylation is 1. The molecule has 33 heavy (non-hydrogen) atoms. The van der Waals surface area contributed by atoms with Gasteiger partial charge < -0.3 is 15.5 Å². The van der Waals surface area contributed by atoms with E-state index in [9.17, 15) is 19.6 Å². The summed E-state index contributed by atoms with van der Waals surface area (Å²) in [7, 11) is 6.42. The summed E-state index contributed by atoms with van der Waals surface area (Å²) in [5.41, 5.74) is 7.02. The van der Waals surface area contributed by atoms with Gasteiger partial charge >= 0.3 is 5.69 Å². The molecule has 3 aromatic rings. The number of piperidine rings is 1. The lowest BCUT2D eigenvalue weighted by Gasteiger charge is -2.31. The minimum atomic E-state index is -0.435. The van der Waals surface area contributed by atoms with Crippen LogP contribution in [0.4, 0.5) is 5.95 Å². The number of carbonyl (C=O) groups excluding carboxylic acids is 1. The first-order valence-corrected chi connectivity index (χ1v) is 10.5. The minimum Gasteiger partial charge on any atom is -0.351 e. The van der Waals surface area contributed by atoms with Gasteiger partial charge in [-0.05, 0) is 31.0 Å². The van der Waals surface area contributed by atoms with Gasteiger partial charge in [0.05, 0.1) is 17.3 Å². The molecule has 2 N–H and O–H groups in total. The molecule has 0 spiro atoms. The van der Waals surface area contributed by atoms with E-state index in [1.165, 1.54) is 16.5 Å². The molecular formula is C22H28N8O3. The van der Waals surface area contributed by atoms with Crippen LogP contribution in [0.2, 0.25) is 0 Å². The van der Waals surface area contributed by atoms with Gasteiger partial charge in [0.1, 0.15) is 0 Å². The SMILES string of the molecule is CN(C)C=O.Cn1c(=O)c2c(nc(N3CCCC(N)C3)n2-c2cccc(C#N)c2)n(C)c1=O. The molecule has 1 unspecified atom stereocenters. The molecule has 1 saturated heterocycles. The minimum absolute atomic E-state index is 0.0131. The fourth-order valence-corrected chi connectivity index (χ4v) is 3.75. The van der Waals surface area contributed by atoms with E-state index in [-0.39, 0.29) is 6.04 Å². The summed E-state index contributed by atoms with van der Waals surface area (Å²) in [4.78, 5) is 43.0. The van der Waals surface area contributed by atoms with Gasteiger partial charge in [-0.3, -0.25) is 23.3 Å². The number of imidazole rings is 1. The van der Waals surface area contributed by atoms with E-state index in [2.05, 4.69) is 11.1 Å². The average molecular weight is 453 g/mol. The lowest BCUT2D eigenvalue weighted by atomic mass is 10.1. The monoisotopic (exact) mass is 452 g/mol. The van der Waals surface area contributed by atoms with Crippen LogP contribution in [0.3, 0.4) is 0 Å². The Kier molecular flexibility index (Phi) is 6.98. The molecule has 0 bridgehead atoms. The van der Waals surface area contributed by atoms with Crippen molar-refractivity contribution in [3.8, 4) is 11.8 Å². The predicted octanol–water partition coefficient (Wildman–Crippen LogP) is -0.0735. The van der Waals surface area contributed by atoms with Crippen molar-refractivity contribution in [2.75, 3.05) is 32.1 Å². The van der Waals surface area contributed by atoms with Gasteiger partial charge in [0.2, 0.25) is 12.4 Å². The van der Waals surface area contributed by atoms with Gasteiger partial charge in [-0.2, -0.15) is 10.2 Å². The Hall–Kier alpha value is -3.91. The Morgan fingerprint density at radius 3 is 2.55 bits per heavy atom. The Morgan fingerprint density at radius 2 is 1.94 bits per heavy atom. The molecule has 2 aromatic heterocycles. The van der Waals surface area contributed by atoms with Crippen LogP contribution in [0.5, 0.6) is 0 Å². The predicted molar refractivity (Wildman–Crippen MR) is 125 cm³/mol. The van der Waals surface area contributed by atoms with Crippen LogP contribution in [0, 0.1) is 11.3 Å². The molecule has 1 aliphatic rings. The van der Waals surface area contributed by atoms with Gasteiger partial charge in [0, 0.05) is 47.3 Å². The molecule has 1 aliphatic heterocycles. The molecule has 4 rings (SSSR count). The second-order valence-corrected chi connectivity index (χ2v) is 8.20. The van der Waals surface area contributed by atoms with Crippen molar-refractivity contribution in [1.29, 1.82) is 5.26 Å². The van der Waals surface area contributed by atoms with E-state index in [0.29, 0.717) is 34.9 Å². The molecule has 0 radical (unpaired) electrons. The zero-order valence-electron chi connectivity index (χ0n) is 19.2. The van der Waals surface area contributed by atoms with Crippen LogP contribution in [0.25, 0.3) is 16.9 Å². The highest BCUT2D eigenvalue weighted by Crippen LogP contribution is 2.27. The maximum absolute atomic E-state index is 13.0. The number of anilines is 1. The van der Waals surface area contributed by atoms with E-state index in [4.69, 9.17) is 5.73 Å². The van der Waals surface area contributed by atoms with E-state index < -0.39 is 11.2 Å². The number of benzene rings is 1. The third-order valence-corrected chi connectivity index (χ3v) is 5.43. The average Bonchev–Trinajstić information content (AvgIpc) is 3.22. The normalized spacial score (nSPS) is 15.5. The molecule has 174 valence electrons. The number of hydrogen-bond donors (Lipinski definition) is 1. The second kappa shape index (κ2) is 9.70. The number of carbonyl (C=O) groups is 1. The third-order valence-electron chi connectivity index (χ3n) is 5.43. The van der Waals surface area contributed by atoms with E-state index >= 15 is 0 Å². The number of amides is 1. The molecule has 0 aliphatic carbocycles. The highest BCUT2D eigenvalue weighted by atomic mass is 16.2. The van der Waals surface area contributed by atoms with Gasteiger partial charge in [0.15, 0.2) is 11.2 Å². The third kappa shape index (κ3) is 4.65. The zero-order chi connectivity index (χ0) is 24.3. The summed E-state index contributed by atoms with van der Waals surface area (Å²) in [6.45, 7) is 1.36. The van der Waals surface area contributed by atoms with Crippen molar-refractivity contribution in [3.63, 3.8) is 0 Å². The van der Waals surface area contributed by atoms with Crippen LogP contribution >= 0.6 is 0 Å². The number of fused-ring (bicyclic) bond motifs is 1. The van der Waals surface area contributed by atoms with Crippen molar-refractivity contribution in [2.45, 2.75) is 18.9 Å². The molecule has 3 heterocycles. The number of rotatable bonds is 3. The number of nitriles is 1. The number of nitrogens with two attached hydrogens (primary N) is 1. The molecule has 1 atom stereocenters. The Bertz CT molecular complexity index is 1330. The van der Waals surface area contributed by atoms with Gasteiger partial charge in [-0.1, -0.05) is 6.07 Å². The Morgan fingerprint density at radius 1 is 1.24 bits per heavy atom. The second-order valence-electron chi connectivity index (χ2n) is 8.20. The highest BCUT2D eigenvalue weighted by molar-refractivity contribution is 5.78. The highest BCUT2D eigenvalue weighted by Gasteiger charge is 2.26. The number of aromatic nitrogens is 4. The van der Waals surface area contributed by atoms with Crippen LogP contribution in [0.1, 0.15) is 18.4 Å². The molecular weight excluding hydrogens is 424 g/mol. The molecule has 1 aromatic carbocycles. The molecule has 1 fully saturated rings. The topological polar surface area (TPSA) is 135 Å². The zero-order valence-corrected chi connectivity index (χ0v) is 19.2. The first-order valence-electron chi connectivity index (χ1n) is 10.5. The fraction of sp³-hybridized carbons (Fsp3) is 0.409. The van der Waals surface area contributed by atoms with Gasteiger partial charge in [-0.15, -0.1) is 0 Å². The first-order chi connectivity index (χ1) is 15.7. The molecule has 1 amide bonds. The first kappa shape index (κ1) is 23.7. The number of hydrogen-bond acceptors (Lipinski definition) is 7. The van der Waals surface area contributed by atoms with Crippen LogP contribution in [-0.2, 0) is 18.9 Å². The lowest BCUT2D eigenvalue weighted by molar-refractivity contribution is -0.115. The van der Waals surface area contributed by atoms with Crippen molar-refractivity contribution in [2.24, 2.45) is 19.8 Å². The van der Waals surface area contributed by atoms with E-state index in [0.717, 1.165) is 30.4 Å². The van der Waals surface area contributed by atoms with Crippen molar-refractivity contribution in [1.82, 2.24) is 23.6 Å². The molecule has 0 saturated carbocycles. The molecule has 11 heteroatoms. The van der Waals surface area contributed by atoms with Gasteiger partial charge in [-0.25, -0.2) is 4.79 Å². The van der Waals surface area contributed by atoms with Gasteiger partial charge in [0.25, 0.3) is 5.56 Å². The molecule has 11 nitrogen and oxygen atoms in total. The van der Waals surface area contributed by atoms with Crippen molar-refractivity contribution in [3.05, 3.63) is 50.7 Å². The van der Waals surface area contributed by atoms with Crippen LogP contribution in [-0.4, -0.2) is 63.2 Å². The van der Waals surface area contributed by atoms with E-state index in [1.807, 2.05) is 11.0 Å². The Balaban J connectivity index is 0.000000555. The van der Waals surface area contributed by atoms with E-state index in [1.54, 1.807) is 43.9 Å². The van der Waals surface area contributed by atoms with Crippen molar-refractivity contribution >= 4 is 23.5 Å².